The van der Waals surface area contributed by atoms with E-state index in [0.717, 1.165) is 4.90 Å². The minimum Gasteiger partial charge on any atom is -0.493 e. The third kappa shape index (κ3) is 4.24. The van der Waals surface area contributed by atoms with Gasteiger partial charge in [-0.25, -0.2) is 4.39 Å². The number of amides is 2. The van der Waals surface area contributed by atoms with Gasteiger partial charge in [0.1, 0.15) is 5.82 Å². The highest BCUT2D eigenvalue weighted by atomic mass is 32.2. The zero-order chi connectivity index (χ0) is 22.7. The summed E-state index contributed by atoms with van der Waals surface area (Å²) in [6.07, 6.45) is 0. The summed E-state index contributed by atoms with van der Waals surface area (Å²) in [6.45, 7) is 0.0710. The zero-order valence-electron chi connectivity index (χ0n) is 17.5. The first-order valence-corrected chi connectivity index (χ1v) is 10.6. The van der Waals surface area contributed by atoms with Crippen molar-refractivity contribution in [3.05, 3.63) is 94.6 Å². The minimum atomic E-state index is -0.421. The molecule has 0 radical (unpaired) electrons. The second-order valence-corrected chi connectivity index (χ2v) is 8.10. The monoisotopic (exact) mass is 449 g/mol. The molecule has 162 valence electrons. The van der Waals surface area contributed by atoms with E-state index in [9.17, 15) is 14.0 Å². The van der Waals surface area contributed by atoms with Gasteiger partial charge in [0.15, 0.2) is 11.5 Å². The Hall–Kier alpha value is -3.58. The van der Waals surface area contributed by atoms with Crippen LogP contribution in [0, 0.1) is 5.82 Å². The summed E-state index contributed by atoms with van der Waals surface area (Å²) in [4.78, 5) is 29.1. The van der Waals surface area contributed by atoms with Crippen LogP contribution in [-0.2, 0) is 16.1 Å². The molecule has 3 aromatic carbocycles. The Morgan fingerprint density at radius 3 is 2.19 bits per heavy atom. The number of benzene rings is 3. The highest BCUT2D eigenvalue weighted by Gasteiger charge is 2.39. The molecule has 1 heterocycles. The number of halogens is 1. The van der Waals surface area contributed by atoms with Crippen LogP contribution in [0.5, 0.6) is 11.5 Å². The molecule has 0 spiro atoms. The van der Waals surface area contributed by atoms with Gasteiger partial charge in [0.2, 0.25) is 0 Å². The van der Waals surface area contributed by atoms with E-state index in [0.29, 0.717) is 27.5 Å². The van der Waals surface area contributed by atoms with Crippen molar-refractivity contribution in [1.82, 2.24) is 4.90 Å². The highest BCUT2D eigenvalue weighted by Crippen LogP contribution is 2.40. The summed E-state index contributed by atoms with van der Waals surface area (Å²) in [5.74, 6) is -0.158. The fourth-order valence-electron chi connectivity index (χ4n) is 3.43. The standard InChI is InChI=1S/C25H20FNO4S/c1-30-20-13-8-16(14-21(20)31-2)15-27-24(28)22(17-9-11-18(26)12-10-17)23(25(27)29)32-19-6-4-3-5-7-19/h3-14H,15H2,1-2H3. The van der Waals surface area contributed by atoms with Crippen LogP contribution in [0.3, 0.4) is 0 Å². The van der Waals surface area contributed by atoms with Crippen molar-refractivity contribution in [2.24, 2.45) is 0 Å². The van der Waals surface area contributed by atoms with Gasteiger partial charge >= 0.3 is 0 Å². The van der Waals surface area contributed by atoms with E-state index in [1.54, 1.807) is 18.2 Å². The lowest BCUT2D eigenvalue weighted by Crippen LogP contribution is -2.30. The first kappa shape index (κ1) is 21.6. The normalized spacial score (nSPS) is 13.7. The van der Waals surface area contributed by atoms with E-state index in [1.807, 2.05) is 30.3 Å². The summed E-state index contributed by atoms with van der Waals surface area (Å²) < 4.78 is 24.1. The topological polar surface area (TPSA) is 55.8 Å². The Morgan fingerprint density at radius 1 is 0.844 bits per heavy atom. The van der Waals surface area contributed by atoms with Crippen molar-refractivity contribution in [2.75, 3.05) is 14.2 Å². The number of hydrogen-bond acceptors (Lipinski definition) is 5. The molecule has 0 aliphatic carbocycles. The van der Waals surface area contributed by atoms with Gasteiger partial charge in [-0.3, -0.25) is 14.5 Å². The van der Waals surface area contributed by atoms with Crippen molar-refractivity contribution in [3.63, 3.8) is 0 Å². The van der Waals surface area contributed by atoms with Crippen molar-refractivity contribution >= 4 is 29.1 Å². The second kappa shape index (κ2) is 9.28. The van der Waals surface area contributed by atoms with Gasteiger partial charge in [-0.05, 0) is 47.5 Å². The summed E-state index contributed by atoms with van der Waals surface area (Å²) >= 11 is 1.23. The Bertz CT molecular complexity index is 1190. The van der Waals surface area contributed by atoms with Crippen LogP contribution < -0.4 is 9.47 Å². The van der Waals surface area contributed by atoms with Gasteiger partial charge in [0.25, 0.3) is 11.8 Å². The Kier molecular flexibility index (Phi) is 6.28. The van der Waals surface area contributed by atoms with Gasteiger partial charge in [-0.1, -0.05) is 48.2 Å². The number of imide groups is 1. The van der Waals surface area contributed by atoms with Crippen molar-refractivity contribution < 1.29 is 23.5 Å². The van der Waals surface area contributed by atoms with E-state index in [4.69, 9.17) is 9.47 Å². The number of rotatable bonds is 7. The van der Waals surface area contributed by atoms with E-state index in [1.165, 1.54) is 55.1 Å². The van der Waals surface area contributed by atoms with Gasteiger partial charge < -0.3 is 9.47 Å². The number of methoxy groups -OCH3 is 2. The van der Waals surface area contributed by atoms with Crippen LogP contribution in [0.15, 0.2) is 82.6 Å². The molecule has 0 unspecified atom stereocenters. The third-order valence-electron chi connectivity index (χ3n) is 5.01. The average molecular weight is 450 g/mol. The molecule has 0 N–H and O–H groups in total. The van der Waals surface area contributed by atoms with Crippen LogP contribution in [0.4, 0.5) is 4.39 Å². The summed E-state index contributed by atoms with van der Waals surface area (Å²) in [6, 6.07) is 20.2. The number of carbonyl (C=O) groups excluding carboxylic acids is 2. The Labute approximate surface area is 189 Å². The molecule has 0 bridgehead atoms. The molecular weight excluding hydrogens is 429 g/mol. The number of thioether (sulfide) groups is 1. The lowest BCUT2D eigenvalue weighted by atomic mass is 10.1. The first-order valence-electron chi connectivity index (χ1n) is 9.82. The fraction of sp³-hybridized carbons (Fsp3) is 0.120. The van der Waals surface area contributed by atoms with Gasteiger partial charge in [-0.15, -0.1) is 0 Å². The van der Waals surface area contributed by atoms with E-state index in [-0.39, 0.29) is 12.1 Å². The van der Waals surface area contributed by atoms with Crippen LogP contribution in [-0.4, -0.2) is 30.9 Å². The molecule has 5 nitrogen and oxygen atoms in total. The Morgan fingerprint density at radius 2 is 1.53 bits per heavy atom. The van der Waals surface area contributed by atoms with Crippen LogP contribution in [0.2, 0.25) is 0 Å². The molecule has 0 fully saturated rings. The lowest BCUT2D eigenvalue weighted by Gasteiger charge is -2.16. The van der Waals surface area contributed by atoms with E-state index >= 15 is 0 Å². The molecule has 0 atom stereocenters. The third-order valence-corrected chi connectivity index (χ3v) is 6.10. The number of ether oxygens (including phenoxy) is 2. The van der Waals surface area contributed by atoms with Crippen molar-refractivity contribution in [2.45, 2.75) is 11.4 Å². The predicted octanol–water partition coefficient (Wildman–Crippen LogP) is 4.92. The van der Waals surface area contributed by atoms with Crippen molar-refractivity contribution in [1.29, 1.82) is 0 Å². The lowest BCUT2D eigenvalue weighted by molar-refractivity contribution is -0.137. The van der Waals surface area contributed by atoms with E-state index < -0.39 is 17.6 Å². The number of hydrogen-bond donors (Lipinski definition) is 0. The highest BCUT2D eigenvalue weighted by molar-refractivity contribution is 8.04. The smallest absolute Gasteiger partial charge is 0.268 e. The van der Waals surface area contributed by atoms with Crippen LogP contribution in [0.1, 0.15) is 11.1 Å². The maximum Gasteiger partial charge on any atom is 0.268 e. The minimum absolute atomic E-state index is 0.0710. The van der Waals surface area contributed by atoms with Gasteiger partial charge in [0.05, 0.1) is 31.2 Å². The predicted molar refractivity (Wildman–Crippen MR) is 121 cm³/mol. The number of nitrogens with zero attached hydrogens (tertiary/aromatic N) is 1. The SMILES string of the molecule is COc1ccc(CN2C(=O)C(Sc3ccccc3)=C(c3ccc(F)cc3)C2=O)cc1OC. The number of carbonyl (C=O) groups is 2. The summed E-state index contributed by atoms with van der Waals surface area (Å²) in [7, 11) is 3.06. The first-order chi connectivity index (χ1) is 15.5. The second-order valence-electron chi connectivity index (χ2n) is 7.01. The molecular formula is C25H20FNO4S. The Balaban J connectivity index is 1.71. The fourth-order valence-corrected chi connectivity index (χ4v) is 4.46. The largest absolute Gasteiger partial charge is 0.493 e. The van der Waals surface area contributed by atoms with Crippen LogP contribution in [0.25, 0.3) is 5.57 Å². The zero-order valence-corrected chi connectivity index (χ0v) is 18.3. The molecule has 2 amide bonds. The summed E-state index contributed by atoms with van der Waals surface area (Å²) in [5, 5.41) is 0. The maximum absolute atomic E-state index is 13.5. The van der Waals surface area contributed by atoms with Gasteiger partial charge in [-0.2, -0.15) is 0 Å². The van der Waals surface area contributed by atoms with Crippen LogP contribution >= 0.6 is 11.8 Å². The molecule has 3 aromatic rings. The molecule has 1 aliphatic rings. The maximum atomic E-state index is 13.5. The van der Waals surface area contributed by atoms with Gasteiger partial charge in [0, 0.05) is 4.90 Å². The molecule has 0 saturated carbocycles. The molecule has 32 heavy (non-hydrogen) atoms. The molecule has 7 heteroatoms. The van der Waals surface area contributed by atoms with E-state index in [2.05, 4.69) is 0 Å². The quantitative estimate of drug-likeness (QED) is 0.480. The molecule has 0 saturated heterocycles. The van der Waals surface area contributed by atoms with Crippen molar-refractivity contribution in [3.8, 4) is 11.5 Å². The summed E-state index contributed by atoms with van der Waals surface area (Å²) in [5.41, 5.74) is 1.48. The molecule has 1 aliphatic heterocycles. The molecule has 4 rings (SSSR count). The average Bonchev–Trinajstić information content (AvgIpc) is 3.04. The molecule has 0 aromatic heterocycles.